The third-order valence-corrected chi connectivity index (χ3v) is 1.63. The maximum Gasteiger partial charge on any atom is 0.0364 e. The van der Waals surface area contributed by atoms with E-state index >= 15 is 0 Å². The van der Waals surface area contributed by atoms with Crippen molar-refractivity contribution in [3.63, 3.8) is 0 Å². The van der Waals surface area contributed by atoms with E-state index in [4.69, 9.17) is 5.73 Å². The van der Waals surface area contributed by atoms with Gasteiger partial charge in [0, 0.05) is 26.3 Å². The zero-order valence-electron chi connectivity index (χ0n) is 6.96. The Hall–Kier alpha value is -1.02. The largest absolute Gasteiger partial charge is 0.378 e. The molecule has 0 bridgehead atoms. The van der Waals surface area contributed by atoms with E-state index in [0.29, 0.717) is 6.54 Å². The summed E-state index contributed by atoms with van der Waals surface area (Å²) >= 11 is 0. The van der Waals surface area contributed by atoms with Gasteiger partial charge in [0.15, 0.2) is 0 Å². The lowest BCUT2D eigenvalue weighted by atomic mass is 10.2. The summed E-state index contributed by atoms with van der Waals surface area (Å²) in [5, 5.41) is 0. The summed E-state index contributed by atoms with van der Waals surface area (Å²) in [6.07, 6.45) is 0. The van der Waals surface area contributed by atoms with Gasteiger partial charge in [-0.3, -0.25) is 5.73 Å². The molecule has 0 aromatic heterocycles. The molecule has 1 rings (SSSR count). The van der Waals surface area contributed by atoms with E-state index in [1.165, 1.54) is 0 Å². The maximum atomic E-state index is 7.16. The highest BCUT2D eigenvalue weighted by Gasteiger charge is 1.94. The average molecular weight is 149 g/mol. The monoisotopic (exact) mass is 149 g/mol. The van der Waals surface area contributed by atoms with E-state index in [-0.39, 0.29) is 0 Å². The number of nitrogens with one attached hydrogen (secondary N) is 1. The molecule has 0 aliphatic rings. The van der Waals surface area contributed by atoms with Crippen LogP contribution < -0.4 is 10.6 Å². The standard InChI is InChI=1S/C9H13N2/c1-11(2)9-5-3-4-8(6-9)7-10/h3-6,10H,7H2,1-2H3. The summed E-state index contributed by atoms with van der Waals surface area (Å²) in [4.78, 5) is 2.04. The molecule has 1 aromatic carbocycles. The van der Waals surface area contributed by atoms with Gasteiger partial charge in [0.05, 0.1) is 0 Å². The summed E-state index contributed by atoms with van der Waals surface area (Å²) in [6, 6.07) is 8.03. The van der Waals surface area contributed by atoms with Crippen LogP contribution >= 0.6 is 0 Å². The quantitative estimate of drug-likeness (QED) is 0.626. The van der Waals surface area contributed by atoms with Crippen molar-refractivity contribution >= 4 is 5.69 Å². The Balaban J connectivity index is 2.91. The van der Waals surface area contributed by atoms with E-state index in [1.807, 2.05) is 43.3 Å². The van der Waals surface area contributed by atoms with Crippen molar-refractivity contribution in [1.29, 1.82) is 0 Å². The lowest BCUT2D eigenvalue weighted by molar-refractivity contribution is 1.02. The van der Waals surface area contributed by atoms with Crippen LogP contribution in [-0.4, -0.2) is 14.1 Å². The Kier molecular flexibility index (Phi) is 2.49. The first-order chi connectivity index (χ1) is 5.24. The predicted molar refractivity (Wildman–Crippen MR) is 47.6 cm³/mol. The summed E-state index contributed by atoms with van der Waals surface area (Å²) in [6.45, 7) is 0.363. The minimum Gasteiger partial charge on any atom is -0.378 e. The van der Waals surface area contributed by atoms with Crippen LogP contribution in [0.5, 0.6) is 0 Å². The Labute approximate surface area is 67.6 Å². The van der Waals surface area contributed by atoms with Crippen LogP contribution in [-0.2, 0) is 6.54 Å². The van der Waals surface area contributed by atoms with E-state index in [1.54, 1.807) is 0 Å². The third kappa shape index (κ3) is 1.95. The zero-order chi connectivity index (χ0) is 8.27. The number of rotatable bonds is 2. The van der Waals surface area contributed by atoms with Crippen LogP contribution in [0.15, 0.2) is 24.3 Å². The Morgan fingerprint density at radius 3 is 2.64 bits per heavy atom. The zero-order valence-corrected chi connectivity index (χ0v) is 6.96. The van der Waals surface area contributed by atoms with Crippen LogP contribution in [0.3, 0.4) is 0 Å². The second-order valence-electron chi connectivity index (χ2n) is 2.74. The number of benzene rings is 1. The molecule has 1 radical (unpaired) electrons. The van der Waals surface area contributed by atoms with Crippen molar-refractivity contribution in [1.82, 2.24) is 5.73 Å². The Morgan fingerprint density at radius 1 is 1.36 bits per heavy atom. The van der Waals surface area contributed by atoms with E-state index in [9.17, 15) is 0 Å². The molecule has 0 unspecified atom stereocenters. The molecule has 2 heteroatoms. The molecule has 0 heterocycles. The highest BCUT2D eigenvalue weighted by Crippen LogP contribution is 2.12. The maximum absolute atomic E-state index is 7.16. The van der Waals surface area contributed by atoms with Crippen LogP contribution in [0.25, 0.3) is 0 Å². The minimum atomic E-state index is 0.363. The summed E-state index contributed by atoms with van der Waals surface area (Å²) in [5.41, 5.74) is 9.39. The van der Waals surface area contributed by atoms with Gasteiger partial charge in [-0.1, -0.05) is 12.1 Å². The topological polar surface area (TPSA) is 27.0 Å². The molecule has 2 nitrogen and oxygen atoms in total. The SMILES string of the molecule is CN(C)c1cccc(C[NH])c1. The van der Waals surface area contributed by atoms with Gasteiger partial charge < -0.3 is 4.90 Å². The molecule has 1 N–H and O–H groups in total. The molecule has 0 saturated carbocycles. The van der Waals surface area contributed by atoms with Gasteiger partial charge in [0.25, 0.3) is 0 Å². The van der Waals surface area contributed by atoms with Gasteiger partial charge in [0.1, 0.15) is 0 Å². The molecule has 0 fully saturated rings. The summed E-state index contributed by atoms with van der Waals surface area (Å²) in [7, 11) is 4.01. The van der Waals surface area contributed by atoms with Crippen molar-refractivity contribution in [2.75, 3.05) is 19.0 Å². The molecule has 11 heavy (non-hydrogen) atoms. The highest BCUT2D eigenvalue weighted by molar-refractivity contribution is 5.46. The number of nitrogens with zero attached hydrogens (tertiary/aromatic N) is 1. The second kappa shape index (κ2) is 3.39. The average Bonchev–Trinajstić information content (AvgIpc) is 2.05. The third-order valence-electron chi connectivity index (χ3n) is 1.63. The minimum absolute atomic E-state index is 0.363. The molecule has 0 amide bonds. The summed E-state index contributed by atoms with van der Waals surface area (Å²) in [5.74, 6) is 0. The molecule has 59 valence electrons. The van der Waals surface area contributed by atoms with Crippen molar-refractivity contribution in [2.45, 2.75) is 6.54 Å². The molecular weight excluding hydrogens is 136 g/mol. The smallest absolute Gasteiger partial charge is 0.0364 e. The highest BCUT2D eigenvalue weighted by atomic mass is 15.1. The van der Waals surface area contributed by atoms with Crippen LogP contribution in [0.1, 0.15) is 5.56 Å². The second-order valence-corrected chi connectivity index (χ2v) is 2.74. The van der Waals surface area contributed by atoms with Crippen LogP contribution in [0, 0.1) is 0 Å². The number of anilines is 1. The molecule has 0 aliphatic carbocycles. The van der Waals surface area contributed by atoms with Gasteiger partial charge >= 0.3 is 0 Å². The van der Waals surface area contributed by atoms with Gasteiger partial charge in [-0.2, -0.15) is 0 Å². The molecule has 0 saturated heterocycles. The number of hydrogen-bond acceptors (Lipinski definition) is 1. The first kappa shape index (κ1) is 8.08. The van der Waals surface area contributed by atoms with Gasteiger partial charge in [-0.05, 0) is 17.7 Å². The molecule has 0 aliphatic heterocycles. The first-order valence-corrected chi connectivity index (χ1v) is 3.65. The van der Waals surface area contributed by atoms with Crippen molar-refractivity contribution in [2.24, 2.45) is 0 Å². The fourth-order valence-electron chi connectivity index (χ4n) is 0.945. The van der Waals surface area contributed by atoms with Crippen molar-refractivity contribution < 1.29 is 0 Å². The van der Waals surface area contributed by atoms with Gasteiger partial charge in [-0.15, -0.1) is 0 Å². The molecule has 0 spiro atoms. The van der Waals surface area contributed by atoms with E-state index < -0.39 is 0 Å². The predicted octanol–water partition coefficient (Wildman–Crippen LogP) is 1.54. The van der Waals surface area contributed by atoms with Crippen molar-refractivity contribution in [3.8, 4) is 0 Å². The van der Waals surface area contributed by atoms with Crippen LogP contribution in [0.2, 0.25) is 0 Å². The lowest BCUT2D eigenvalue weighted by Crippen LogP contribution is -2.08. The van der Waals surface area contributed by atoms with Gasteiger partial charge in [-0.25, -0.2) is 0 Å². The summed E-state index contributed by atoms with van der Waals surface area (Å²) < 4.78 is 0. The Bertz CT molecular complexity index is 231. The first-order valence-electron chi connectivity index (χ1n) is 3.65. The molecular formula is C9H13N2. The normalized spacial score (nSPS) is 9.73. The fourth-order valence-corrected chi connectivity index (χ4v) is 0.945. The Morgan fingerprint density at radius 2 is 2.09 bits per heavy atom. The lowest BCUT2D eigenvalue weighted by Gasteiger charge is -2.12. The molecule has 1 aromatic rings. The van der Waals surface area contributed by atoms with Crippen molar-refractivity contribution in [3.05, 3.63) is 29.8 Å². The van der Waals surface area contributed by atoms with E-state index in [2.05, 4.69) is 0 Å². The van der Waals surface area contributed by atoms with Gasteiger partial charge in [0.2, 0.25) is 0 Å². The molecule has 0 atom stereocenters. The van der Waals surface area contributed by atoms with E-state index in [0.717, 1.165) is 11.3 Å². The fraction of sp³-hybridized carbons (Fsp3) is 0.333. The van der Waals surface area contributed by atoms with Crippen LogP contribution in [0.4, 0.5) is 5.69 Å². The number of hydrogen-bond donors (Lipinski definition) is 0.